The number of H-pyrrole nitrogens is 1. The summed E-state index contributed by atoms with van der Waals surface area (Å²) in [5, 5.41) is 14.7. The fourth-order valence-corrected chi connectivity index (χ4v) is 2.39. The monoisotopic (exact) mass is 293 g/mol. The van der Waals surface area contributed by atoms with Gasteiger partial charge in [-0.25, -0.2) is 4.79 Å². The van der Waals surface area contributed by atoms with E-state index in [4.69, 9.17) is 5.11 Å². The van der Waals surface area contributed by atoms with Crippen LogP contribution in [-0.4, -0.2) is 25.8 Å². The van der Waals surface area contributed by atoms with Gasteiger partial charge < -0.3 is 10.1 Å². The normalized spacial score (nSPS) is 11.4. The molecule has 17 heavy (non-hydrogen) atoms. The quantitative estimate of drug-likeness (QED) is 0.724. The summed E-state index contributed by atoms with van der Waals surface area (Å²) in [6.07, 6.45) is 0. The van der Waals surface area contributed by atoms with Crippen LogP contribution in [0.15, 0.2) is 22.7 Å². The van der Waals surface area contributed by atoms with Gasteiger partial charge in [0.15, 0.2) is 5.69 Å². The third-order valence-electron chi connectivity index (χ3n) is 2.75. The van der Waals surface area contributed by atoms with Crippen LogP contribution in [0, 0.1) is 0 Å². The van der Waals surface area contributed by atoms with Crippen LogP contribution in [0.2, 0.25) is 0 Å². The standard InChI is InChI=1S/C11H8BrN3O2/c1-15-10-8(9(14-15)11(16)17)6-4-5(12)2-3-7(6)13-10/h2-4,13H,1H3,(H,16,17). The van der Waals surface area contributed by atoms with Crippen LogP contribution in [0.5, 0.6) is 0 Å². The highest BCUT2D eigenvalue weighted by molar-refractivity contribution is 9.10. The predicted octanol–water partition coefficient (Wildman–Crippen LogP) is 2.52. The minimum Gasteiger partial charge on any atom is -0.476 e. The van der Waals surface area contributed by atoms with Crippen molar-refractivity contribution in [1.82, 2.24) is 14.8 Å². The van der Waals surface area contributed by atoms with Gasteiger partial charge in [-0.05, 0) is 18.2 Å². The molecule has 0 amide bonds. The number of nitrogens with zero attached hydrogens (tertiary/aromatic N) is 2. The summed E-state index contributed by atoms with van der Waals surface area (Å²) in [5.74, 6) is -1.02. The fourth-order valence-electron chi connectivity index (χ4n) is 2.03. The highest BCUT2D eigenvalue weighted by atomic mass is 79.9. The van der Waals surface area contributed by atoms with Crippen molar-refractivity contribution in [1.29, 1.82) is 0 Å². The van der Waals surface area contributed by atoms with Crippen molar-refractivity contribution in [2.45, 2.75) is 0 Å². The van der Waals surface area contributed by atoms with Gasteiger partial charge in [-0.3, -0.25) is 4.68 Å². The number of halogens is 1. The Kier molecular flexibility index (Phi) is 2.03. The van der Waals surface area contributed by atoms with E-state index < -0.39 is 5.97 Å². The minimum atomic E-state index is -1.02. The van der Waals surface area contributed by atoms with Crippen LogP contribution < -0.4 is 0 Å². The van der Waals surface area contributed by atoms with Crippen molar-refractivity contribution in [2.24, 2.45) is 7.05 Å². The Morgan fingerprint density at radius 1 is 1.53 bits per heavy atom. The van der Waals surface area contributed by atoms with Crippen molar-refractivity contribution in [3.8, 4) is 0 Å². The number of aromatic carboxylic acids is 1. The molecular weight excluding hydrogens is 286 g/mol. The number of aryl methyl sites for hydroxylation is 1. The maximum atomic E-state index is 11.2. The first-order valence-corrected chi connectivity index (χ1v) is 5.74. The van der Waals surface area contributed by atoms with E-state index in [1.807, 2.05) is 18.2 Å². The molecule has 0 atom stereocenters. The number of benzene rings is 1. The number of hydrogen-bond donors (Lipinski definition) is 2. The molecule has 0 bridgehead atoms. The van der Waals surface area contributed by atoms with E-state index in [1.54, 1.807) is 11.7 Å². The van der Waals surface area contributed by atoms with Crippen molar-refractivity contribution < 1.29 is 9.90 Å². The predicted molar refractivity (Wildman–Crippen MR) is 67.2 cm³/mol. The summed E-state index contributed by atoms with van der Waals surface area (Å²) in [4.78, 5) is 14.3. The highest BCUT2D eigenvalue weighted by Crippen LogP contribution is 2.30. The van der Waals surface area contributed by atoms with Gasteiger partial charge in [0.25, 0.3) is 0 Å². The molecule has 2 N–H and O–H groups in total. The lowest BCUT2D eigenvalue weighted by molar-refractivity contribution is 0.0691. The molecule has 5 nitrogen and oxygen atoms in total. The summed E-state index contributed by atoms with van der Waals surface area (Å²) in [5.41, 5.74) is 1.70. The molecule has 86 valence electrons. The molecule has 2 heterocycles. The van der Waals surface area contributed by atoms with E-state index in [-0.39, 0.29) is 5.69 Å². The molecule has 0 radical (unpaired) electrons. The number of carboxylic acids is 1. The number of aromatic nitrogens is 3. The fraction of sp³-hybridized carbons (Fsp3) is 0.0909. The SMILES string of the molecule is Cn1nc(C(=O)O)c2c3cc(Br)ccc3[nH]c21. The van der Waals surface area contributed by atoms with E-state index in [1.165, 1.54) is 0 Å². The molecule has 0 aliphatic heterocycles. The van der Waals surface area contributed by atoms with Crippen molar-refractivity contribution in [3.63, 3.8) is 0 Å². The maximum Gasteiger partial charge on any atom is 0.357 e. The summed E-state index contributed by atoms with van der Waals surface area (Å²) >= 11 is 3.38. The summed E-state index contributed by atoms with van der Waals surface area (Å²) in [7, 11) is 1.72. The second kappa shape index (κ2) is 3.33. The molecule has 0 unspecified atom stereocenters. The molecule has 6 heteroatoms. The average Bonchev–Trinajstić information content (AvgIpc) is 2.77. The summed E-state index contributed by atoms with van der Waals surface area (Å²) < 4.78 is 2.46. The van der Waals surface area contributed by atoms with Crippen LogP contribution >= 0.6 is 15.9 Å². The zero-order valence-corrected chi connectivity index (χ0v) is 10.4. The number of carbonyl (C=O) groups is 1. The number of carboxylic acid groups (broad SMARTS) is 1. The first-order chi connectivity index (χ1) is 8.08. The maximum absolute atomic E-state index is 11.2. The lowest BCUT2D eigenvalue weighted by Crippen LogP contribution is -1.99. The van der Waals surface area contributed by atoms with E-state index >= 15 is 0 Å². The van der Waals surface area contributed by atoms with Crippen molar-refractivity contribution >= 4 is 43.8 Å². The van der Waals surface area contributed by atoms with Gasteiger partial charge in [-0.1, -0.05) is 15.9 Å². The first-order valence-electron chi connectivity index (χ1n) is 4.95. The van der Waals surface area contributed by atoms with Gasteiger partial charge in [-0.2, -0.15) is 5.10 Å². The number of aromatic amines is 1. The molecule has 1 aromatic carbocycles. The average molecular weight is 294 g/mol. The minimum absolute atomic E-state index is 0.0758. The molecule has 3 rings (SSSR count). The summed E-state index contributed by atoms with van der Waals surface area (Å²) in [6.45, 7) is 0. The Labute approximate surface area is 104 Å². The van der Waals surface area contributed by atoms with E-state index in [2.05, 4.69) is 26.0 Å². The molecule has 0 fully saturated rings. The lowest BCUT2D eigenvalue weighted by atomic mass is 10.2. The van der Waals surface area contributed by atoms with Crippen LogP contribution in [0.4, 0.5) is 0 Å². The van der Waals surface area contributed by atoms with Gasteiger partial charge in [0.2, 0.25) is 0 Å². The van der Waals surface area contributed by atoms with Crippen molar-refractivity contribution in [2.75, 3.05) is 0 Å². The van der Waals surface area contributed by atoms with Crippen LogP contribution in [0.25, 0.3) is 21.9 Å². The first kappa shape index (κ1) is 10.3. The Bertz CT molecular complexity index is 757. The largest absolute Gasteiger partial charge is 0.476 e. The van der Waals surface area contributed by atoms with Crippen LogP contribution in [0.3, 0.4) is 0 Å². The van der Waals surface area contributed by atoms with Gasteiger partial charge in [0.1, 0.15) is 5.65 Å². The van der Waals surface area contributed by atoms with Crippen molar-refractivity contribution in [3.05, 3.63) is 28.4 Å². The van der Waals surface area contributed by atoms with Crippen LogP contribution in [-0.2, 0) is 7.05 Å². The lowest BCUT2D eigenvalue weighted by Gasteiger charge is -1.93. The Morgan fingerprint density at radius 2 is 2.29 bits per heavy atom. The van der Waals surface area contributed by atoms with Gasteiger partial charge in [0, 0.05) is 22.4 Å². The molecule has 3 aromatic rings. The van der Waals surface area contributed by atoms with E-state index in [0.29, 0.717) is 5.39 Å². The van der Waals surface area contributed by atoms with E-state index in [9.17, 15) is 4.79 Å². The molecule has 0 saturated heterocycles. The molecule has 0 aliphatic rings. The molecule has 0 saturated carbocycles. The Balaban J connectivity index is 2.56. The Hall–Kier alpha value is -1.82. The third kappa shape index (κ3) is 1.37. The van der Waals surface area contributed by atoms with Crippen LogP contribution in [0.1, 0.15) is 10.5 Å². The second-order valence-corrected chi connectivity index (χ2v) is 4.73. The second-order valence-electron chi connectivity index (χ2n) is 3.82. The number of rotatable bonds is 1. The zero-order chi connectivity index (χ0) is 12.2. The smallest absolute Gasteiger partial charge is 0.357 e. The zero-order valence-electron chi connectivity index (χ0n) is 8.86. The number of fused-ring (bicyclic) bond motifs is 3. The molecular formula is C11H8BrN3O2. The van der Waals surface area contributed by atoms with Gasteiger partial charge in [0.05, 0.1) is 5.39 Å². The van der Waals surface area contributed by atoms with Gasteiger partial charge >= 0.3 is 5.97 Å². The molecule has 2 aromatic heterocycles. The molecule has 0 spiro atoms. The number of nitrogens with one attached hydrogen (secondary N) is 1. The third-order valence-corrected chi connectivity index (χ3v) is 3.25. The van der Waals surface area contributed by atoms with Gasteiger partial charge in [-0.15, -0.1) is 0 Å². The number of hydrogen-bond acceptors (Lipinski definition) is 2. The topological polar surface area (TPSA) is 70.9 Å². The molecule has 0 aliphatic carbocycles. The van der Waals surface area contributed by atoms with E-state index in [0.717, 1.165) is 21.0 Å². The highest BCUT2D eigenvalue weighted by Gasteiger charge is 2.19. The Morgan fingerprint density at radius 3 is 3.00 bits per heavy atom. The summed E-state index contributed by atoms with van der Waals surface area (Å²) in [6, 6.07) is 5.71.